The molecule has 5 aromatic rings. The Hall–Kier alpha value is -4.24. The smallest absolute Gasteiger partial charge is 0.229 e. The molecule has 186 valence electrons. The van der Waals surface area contributed by atoms with Gasteiger partial charge in [0.1, 0.15) is 12.7 Å². The van der Waals surface area contributed by atoms with Crippen molar-refractivity contribution in [2.75, 3.05) is 7.05 Å². The SMILES string of the molecule is CC1C(C2=[N+](C)c3ccccc3C2c2ccccc2)C=CC1c1n(-c2ccccc2)c2ccccc2[n+]1C. The number of aromatic nitrogens is 2. The van der Waals surface area contributed by atoms with Gasteiger partial charge in [0.25, 0.3) is 5.82 Å². The standard InChI is InChI=1S/C35H33N3/c1-24-27(34-33(25-14-6-4-7-15-25)29-18-10-11-19-30(29)36(34)2)22-23-28(24)35-37(3)31-20-12-13-21-32(31)38(35)26-16-8-5-9-17-26/h4-24,27-28,33H,1-3H3/q+2. The molecule has 38 heavy (non-hydrogen) atoms. The van der Waals surface area contributed by atoms with E-state index in [2.05, 4.69) is 156 Å². The second-order valence-electron chi connectivity index (χ2n) is 10.8. The molecule has 4 unspecified atom stereocenters. The largest absolute Gasteiger partial charge is 0.269 e. The highest BCUT2D eigenvalue weighted by molar-refractivity contribution is 5.98. The molecule has 0 spiro atoms. The van der Waals surface area contributed by atoms with Crippen LogP contribution in [0.1, 0.15) is 35.7 Å². The monoisotopic (exact) mass is 495 g/mol. The molecule has 2 aliphatic rings. The van der Waals surface area contributed by atoms with Crippen LogP contribution in [0.5, 0.6) is 0 Å². The molecular weight excluding hydrogens is 462 g/mol. The van der Waals surface area contributed by atoms with Crippen LogP contribution in [-0.2, 0) is 7.05 Å². The molecule has 2 heterocycles. The fraction of sp³-hybridized carbons (Fsp3) is 0.200. The first-order valence-electron chi connectivity index (χ1n) is 13.6. The Kier molecular flexibility index (Phi) is 5.40. The van der Waals surface area contributed by atoms with Gasteiger partial charge in [-0.25, -0.2) is 9.14 Å². The van der Waals surface area contributed by atoms with Gasteiger partial charge in [0.05, 0.1) is 24.8 Å². The average molecular weight is 496 g/mol. The molecule has 0 fully saturated rings. The number of allylic oxidation sites excluding steroid dienone is 2. The van der Waals surface area contributed by atoms with Gasteiger partial charge in [0.2, 0.25) is 5.69 Å². The second kappa shape index (κ2) is 8.95. The molecule has 0 radical (unpaired) electrons. The van der Waals surface area contributed by atoms with E-state index in [1.807, 2.05) is 0 Å². The second-order valence-corrected chi connectivity index (χ2v) is 10.8. The molecule has 4 atom stereocenters. The number of imidazole rings is 1. The lowest BCUT2D eigenvalue weighted by Gasteiger charge is -2.22. The minimum absolute atomic E-state index is 0.266. The zero-order chi connectivity index (χ0) is 25.8. The summed E-state index contributed by atoms with van der Waals surface area (Å²) in [6.07, 6.45) is 4.95. The van der Waals surface area contributed by atoms with Gasteiger partial charge in [-0.3, -0.25) is 0 Å². The van der Waals surface area contributed by atoms with Crippen LogP contribution in [0.25, 0.3) is 16.7 Å². The number of rotatable bonds is 4. The van der Waals surface area contributed by atoms with Gasteiger partial charge in [-0.05, 0) is 35.7 Å². The molecule has 1 aliphatic heterocycles. The van der Waals surface area contributed by atoms with E-state index < -0.39 is 0 Å². The van der Waals surface area contributed by atoms with Crippen molar-refractivity contribution in [1.29, 1.82) is 0 Å². The fourth-order valence-electron chi connectivity index (χ4n) is 7.00. The van der Waals surface area contributed by atoms with Crippen LogP contribution in [0.15, 0.2) is 121 Å². The highest BCUT2D eigenvalue weighted by Gasteiger charge is 2.48. The molecule has 7 rings (SSSR count). The predicted octanol–water partition coefficient (Wildman–Crippen LogP) is 6.92. The van der Waals surface area contributed by atoms with Crippen molar-refractivity contribution in [3.63, 3.8) is 0 Å². The van der Waals surface area contributed by atoms with E-state index in [1.165, 1.54) is 45.1 Å². The van der Waals surface area contributed by atoms with Crippen LogP contribution < -0.4 is 4.57 Å². The number of benzene rings is 4. The third-order valence-electron chi connectivity index (χ3n) is 8.79. The first kappa shape index (κ1) is 22.9. The van der Waals surface area contributed by atoms with Gasteiger partial charge >= 0.3 is 0 Å². The normalized spacial score (nSPS) is 22.4. The Bertz CT molecular complexity index is 1710. The Morgan fingerprint density at radius 1 is 0.658 bits per heavy atom. The minimum Gasteiger partial charge on any atom is -0.229 e. The number of hydrogen-bond acceptors (Lipinski definition) is 0. The average Bonchev–Trinajstić information content (AvgIpc) is 3.58. The molecule has 0 N–H and O–H groups in total. The molecule has 1 aromatic heterocycles. The van der Waals surface area contributed by atoms with E-state index in [0.717, 1.165) is 0 Å². The summed E-state index contributed by atoms with van der Waals surface area (Å²) in [7, 11) is 4.48. The quantitative estimate of drug-likeness (QED) is 0.189. The lowest BCUT2D eigenvalue weighted by atomic mass is 9.78. The van der Waals surface area contributed by atoms with Gasteiger partial charge in [0.15, 0.2) is 16.7 Å². The Morgan fingerprint density at radius 3 is 2.08 bits per heavy atom. The van der Waals surface area contributed by atoms with E-state index in [0.29, 0.717) is 17.8 Å². The van der Waals surface area contributed by atoms with Gasteiger partial charge in [0, 0.05) is 11.6 Å². The number of nitrogens with zero attached hydrogens (tertiary/aromatic N) is 3. The van der Waals surface area contributed by atoms with Crippen molar-refractivity contribution in [3.8, 4) is 5.69 Å². The Balaban J connectivity index is 1.36. The zero-order valence-corrected chi connectivity index (χ0v) is 22.2. The van der Waals surface area contributed by atoms with Crippen molar-refractivity contribution in [2.45, 2.75) is 18.8 Å². The predicted molar refractivity (Wildman–Crippen MR) is 155 cm³/mol. The summed E-state index contributed by atoms with van der Waals surface area (Å²) in [5.41, 5.74) is 9.30. The summed E-state index contributed by atoms with van der Waals surface area (Å²) < 4.78 is 7.34. The summed E-state index contributed by atoms with van der Waals surface area (Å²) in [5, 5.41) is 0. The molecule has 1 aliphatic carbocycles. The van der Waals surface area contributed by atoms with Gasteiger partial charge < -0.3 is 0 Å². The molecule has 3 heteroatoms. The number of aryl methyl sites for hydroxylation is 1. The lowest BCUT2D eigenvalue weighted by Crippen LogP contribution is -2.37. The van der Waals surface area contributed by atoms with E-state index in [4.69, 9.17) is 0 Å². The van der Waals surface area contributed by atoms with Crippen molar-refractivity contribution >= 4 is 22.4 Å². The molecule has 3 nitrogen and oxygen atoms in total. The first-order chi connectivity index (χ1) is 18.6. The van der Waals surface area contributed by atoms with E-state index >= 15 is 0 Å². The van der Waals surface area contributed by atoms with Crippen LogP contribution in [0.4, 0.5) is 5.69 Å². The maximum atomic E-state index is 2.48. The lowest BCUT2D eigenvalue weighted by molar-refractivity contribution is -0.654. The van der Waals surface area contributed by atoms with E-state index in [-0.39, 0.29) is 5.92 Å². The number of para-hydroxylation sites is 4. The van der Waals surface area contributed by atoms with Crippen LogP contribution in [0.3, 0.4) is 0 Å². The minimum atomic E-state index is 0.266. The van der Waals surface area contributed by atoms with Gasteiger partial charge in [-0.2, -0.15) is 4.57 Å². The van der Waals surface area contributed by atoms with Crippen molar-refractivity contribution in [1.82, 2.24) is 4.57 Å². The molecule has 0 amide bonds. The van der Waals surface area contributed by atoms with Gasteiger partial charge in [-0.1, -0.05) is 97.9 Å². The molecule has 0 saturated carbocycles. The summed E-state index contributed by atoms with van der Waals surface area (Å²) in [6, 6.07) is 39.5. The van der Waals surface area contributed by atoms with E-state index in [9.17, 15) is 0 Å². The van der Waals surface area contributed by atoms with Crippen LogP contribution >= 0.6 is 0 Å². The Labute approximate surface area is 224 Å². The molecular formula is C35H33N3+2. The molecule has 0 bridgehead atoms. The summed E-state index contributed by atoms with van der Waals surface area (Å²) in [5.74, 6) is 2.63. The van der Waals surface area contributed by atoms with Gasteiger partial charge in [-0.15, -0.1) is 0 Å². The topological polar surface area (TPSA) is 11.8 Å². The maximum absolute atomic E-state index is 2.48. The van der Waals surface area contributed by atoms with Crippen LogP contribution in [0, 0.1) is 11.8 Å². The highest BCUT2D eigenvalue weighted by Crippen LogP contribution is 2.47. The molecule has 4 aromatic carbocycles. The maximum Gasteiger partial charge on any atom is 0.269 e. The van der Waals surface area contributed by atoms with E-state index in [1.54, 1.807) is 0 Å². The summed E-state index contributed by atoms with van der Waals surface area (Å²) in [6.45, 7) is 2.44. The van der Waals surface area contributed by atoms with Crippen molar-refractivity contribution in [2.24, 2.45) is 18.9 Å². The third kappa shape index (κ3) is 3.35. The molecule has 0 saturated heterocycles. The number of hydrogen-bond donors (Lipinski definition) is 0. The highest BCUT2D eigenvalue weighted by atomic mass is 15.2. The fourth-order valence-corrected chi connectivity index (χ4v) is 7.00. The zero-order valence-electron chi connectivity index (χ0n) is 22.2. The van der Waals surface area contributed by atoms with Crippen LogP contribution in [0.2, 0.25) is 0 Å². The number of fused-ring (bicyclic) bond motifs is 2. The van der Waals surface area contributed by atoms with Crippen molar-refractivity contribution < 1.29 is 9.14 Å². The van der Waals surface area contributed by atoms with Crippen molar-refractivity contribution in [3.05, 3.63) is 138 Å². The third-order valence-corrected chi connectivity index (χ3v) is 8.79. The first-order valence-corrected chi connectivity index (χ1v) is 13.6. The summed E-state index contributed by atoms with van der Waals surface area (Å²) in [4.78, 5) is 0. The Morgan fingerprint density at radius 2 is 1.29 bits per heavy atom. The summed E-state index contributed by atoms with van der Waals surface area (Å²) >= 11 is 0. The van der Waals surface area contributed by atoms with Crippen LogP contribution in [-0.4, -0.2) is 21.9 Å².